The molecule has 0 spiro atoms. The smallest absolute Gasteiger partial charge is 0.257 e. The summed E-state index contributed by atoms with van der Waals surface area (Å²) in [6.45, 7) is 0.992. The summed E-state index contributed by atoms with van der Waals surface area (Å²) >= 11 is 1.54. The summed E-state index contributed by atoms with van der Waals surface area (Å²) in [5.41, 5.74) is 0. The predicted molar refractivity (Wildman–Crippen MR) is 76.0 cm³/mol. The van der Waals surface area contributed by atoms with Gasteiger partial charge >= 0.3 is 0 Å². The van der Waals surface area contributed by atoms with Crippen LogP contribution in [0.4, 0.5) is 0 Å². The zero-order chi connectivity index (χ0) is 14.2. The van der Waals surface area contributed by atoms with Gasteiger partial charge in [0.25, 0.3) is 5.89 Å². The molecule has 1 unspecified atom stereocenters. The molecule has 8 heteroatoms. The van der Waals surface area contributed by atoms with Crippen molar-refractivity contribution in [1.82, 2.24) is 14.5 Å². The van der Waals surface area contributed by atoms with E-state index in [0.29, 0.717) is 24.9 Å². The predicted octanol–water partition coefficient (Wildman–Crippen LogP) is 1.94. The fraction of sp³-hybridized carbons (Fsp3) is 0.500. The topological polar surface area (TPSA) is 76.3 Å². The van der Waals surface area contributed by atoms with Crippen LogP contribution in [0.2, 0.25) is 0 Å². The molecule has 2 aromatic rings. The van der Waals surface area contributed by atoms with Gasteiger partial charge in [0.05, 0.1) is 17.1 Å². The zero-order valence-electron chi connectivity index (χ0n) is 11.0. The van der Waals surface area contributed by atoms with Gasteiger partial charge in [0.2, 0.25) is 15.9 Å². The van der Waals surface area contributed by atoms with Crippen molar-refractivity contribution in [2.45, 2.75) is 18.8 Å². The molecule has 1 aliphatic rings. The minimum Gasteiger partial charge on any atom is -0.420 e. The van der Waals surface area contributed by atoms with Crippen LogP contribution in [-0.4, -0.2) is 42.3 Å². The molecule has 0 aliphatic carbocycles. The zero-order valence-corrected chi connectivity index (χ0v) is 12.7. The highest BCUT2D eigenvalue weighted by atomic mass is 32.2. The monoisotopic (exact) mass is 313 g/mol. The van der Waals surface area contributed by atoms with Crippen molar-refractivity contribution in [3.05, 3.63) is 23.4 Å². The van der Waals surface area contributed by atoms with Gasteiger partial charge in [0, 0.05) is 13.1 Å². The van der Waals surface area contributed by atoms with Crippen LogP contribution < -0.4 is 0 Å². The van der Waals surface area contributed by atoms with Gasteiger partial charge in [-0.15, -0.1) is 21.5 Å². The summed E-state index contributed by atoms with van der Waals surface area (Å²) in [5.74, 6) is 1.02. The van der Waals surface area contributed by atoms with Crippen molar-refractivity contribution in [2.24, 2.45) is 0 Å². The Morgan fingerprint density at radius 3 is 3.00 bits per heavy atom. The highest BCUT2D eigenvalue weighted by molar-refractivity contribution is 7.88. The molecule has 2 aromatic heterocycles. The van der Waals surface area contributed by atoms with E-state index in [-0.39, 0.29) is 5.92 Å². The van der Waals surface area contributed by atoms with Crippen LogP contribution in [0.5, 0.6) is 0 Å². The SMILES string of the molecule is CS(=O)(=O)N1CCCC(c2nnc(-c3cccs3)o2)C1. The van der Waals surface area contributed by atoms with Gasteiger partial charge in [-0.3, -0.25) is 0 Å². The van der Waals surface area contributed by atoms with Gasteiger partial charge in [0.15, 0.2) is 0 Å². The lowest BCUT2D eigenvalue weighted by atomic mass is 10.00. The molecule has 0 amide bonds. The quantitative estimate of drug-likeness (QED) is 0.865. The highest BCUT2D eigenvalue weighted by Gasteiger charge is 2.30. The Bertz CT molecular complexity index is 679. The molecule has 1 saturated heterocycles. The standard InChI is InChI=1S/C12H15N3O3S2/c1-20(16,17)15-6-2-4-9(8-15)11-13-14-12(18-11)10-5-3-7-19-10/h3,5,7,9H,2,4,6,8H2,1H3. The van der Waals surface area contributed by atoms with E-state index in [1.165, 1.54) is 21.9 Å². The molecule has 0 N–H and O–H groups in total. The summed E-state index contributed by atoms with van der Waals surface area (Å²) in [5, 5.41) is 10.1. The Kier molecular flexibility index (Phi) is 3.61. The summed E-state index contributed by atoms with van der Waals surface area (Å²) in [7, 11) is -3.16. The largest absolute Gasteiger partial charge is 0.420 e. The van der Waals surface area contributed by atoms with E-state index >= 15 is 0 Å². The van der Waals surface area contributed by atoms with Crippen molar-refractivity contribution in [3.8, 4) is 10.8 Å². The van der Waals surface area contributed by atoms with Crippen molar-refractivity contribution in [1.29, 1.82) is 0 Å². The van der Waals surface area contributed by atoms with Crippen LogP contribution >= 0.6 is 11.3 Å². The molecule has 0 bridgehead atoms. The first-order chi connectivity index (χ1) is 9.54. The maximum absolute atomic E-state index is 11.6. The van der Waals surface area contributed by atoms with Gasteiger partial charge < -0.3 is 4.42 Å². The number of piperidine rings is 1. The summed E-state index contributed by atoms with van der Waals surface area (Å²) < 4.78 is 30.4. The number of nitrogens with zero attached hydrogens (tertiary/aromatic N) is 3. The lowest BCUT2D eigenvalue weighted by molar-refractivity contribution is 0.287. The number of hydrogen-bond donors (Lipinski definition) is 0. The van der Waals surface area contributed by atoms with Crippen molar-refractivity contribution in [3.63, 3.8) is 0 Å². The average molecular weight is 313 g/mol. The van der Waals surface area contributed by atoms with Crippen LogP contribution in [0.25, 0.3) is 10.8 Å². The van der Waals surface area contributed by atoms with E-state index in [2.05, 4.69) is 10.2 Å². The van der Waals surface area contributed by atoms with Crippen molar-refractivity contribution < 1.29 is 12.8 Å². The van der Waals surface area contributed by atoms with Crippen LogP contribution in [0.15, 0.2) is 21.9 Å². The normalized spacial score (nSPS) is 21.1. The second-order valence-corrected chi connectivity index (χ2v) is 7.81. The molecule has 1 aliphatic heterocycles. The first-order valence-corrected chi connectivity index (χ1v) is 9.09. The maximum Gasteiger partial charge on any atom is 0.257 e. The van der Waals surface area contributed by atoms with Gasteiger partial charge in [-0.1, -0.05) is 6.07 Å². The Balaban J connectivity index is 1.79. The molecule has 1 fully saturated rings. The number of hydrogen-bond acceptors (Lipinski definition) is 6. The molecule has 108 valence electrons. The minimum atomic E-state index is -3.16. The van der Waals surface area contributed by atoms with Crippen LogP contribution in [0, 0.1) is 0 Å². The van der Waals surface area contributed by atoms with Crippen molar-refractivity contribution in [2.75, 3.05) is 19.3 Å². The van der Waals surface area contributed by atoms with E-state index in [9.17, 15) is 8.42 Å². The third-order valence-corrected chi connectivity index (χ3v) is 5.50. The minimum absolute atomic E-state index is 0.0142. The molecule has 0 radical (unpaired) electrons. The number of rotatable bonds is 3. The van der Waals surface area contributed by atoms with E-state index in [1.54, 1.807) is 0 Å². The highest BCUT2D eigenvalue weighted by Crippen LogP contribution is 2.30. The first kappa shape index (κ1) is 13.7. The lowest BCUT2D eigenvalue weighted by Gasteiger charge is -2.28. The second-order valence-electron chi connectivity index (χ2n) is 4.88. The third-order valence-electron chi connectivity index (χ3n) is 3.37. The Hall–Kier alpha value is -1.25. The van der Waals surface area contributed by atoms with E-state index in [4.69, 9.17) is 4.42 Å². The Morgan fingerprint density at radius 1 is 1.45 bits per heavy atom. The fourth-order valence-corrected chi connectivity index (χ4v) is 3.90. The Morgan fingerprint density at radius 2 is 2.30 bits per heavy atom. The van der Waals surface area contributed by atoms with Crippen LogP contribution in [0.3, 0.4) is 0 Å². The van der Waals surface area contributed by atoms with E-state index in [0.717, 1.165) is 17.7 Å². The van der Waals surface area contributed by atoms with Gasteiger partial charge in [-0.25, -0.2) is 12.7 Å². The molecule has 6 nitrogen and oxygen atoms in total. The maximum atomic E-state index is 11.6. The van der Waals surface area contributed by atoms with Gasteiger partial charge in [-0.2, -0.15) is 0 Å². The molecule has 1 atom stereocenters. The van der Waals surface area contributed by atoms with E-state index in [1.807, 2.05) is 17.5 Å². The molecule has 0 saturated carbocycles. The van der Waals surface area contributed by atoms with Crippen LogP contribution in [0.1, 0.15) is 24.7 Å². The van der Waals surface area contributed by atoms with Crippen molar-refractivity contribution >= 4 is 21.4 Å². The number of thiophene rings is 1. The fourth-order valence-electron chi connectivity index (χ4n) is 2.34. The molecule has 3 heterocycles. The number of sulfonamides is 1. The molecular weight excluding hydrogens is 298 g/mol. The van der Waals surface area contributed by atoms with Gasteiger partial charge in [-0.05, 0) is 24.3 Å². The van der Waals surface area contributed by atoms with Gasteiger partial charge in [0.1, 0.15) is 0 Å². The third kappa shape index (κ3) is 2.77. The van der Waals surface area contributed by atoms with E-state index < -0.39 is 10.0 Å². The van der Waals surface area contributed by atoms with Crippen LogP contribution in [-0.2, 0) is 10.0 Å². The molecule has 20 heavy (non-hydrogen) atoms. The summed E-state index contributed by atoms with van der Waals surface area (Å²) in [4.78, 5) is 0.930. The lowest BCUT2D eigenvalue weighted by Crippen LogP contribution is -2.38. The number of aromatic nitrogens is 2. The average Bonchev–Trinajstić information content (AvgIpc) is 3.09. The second kappa shape index (κ2) is 5.27. The first-order valence-electron chi connectivity index (χ1n) is 6.36. The Labute approximate surface area is 121 Å². The summed E-state index contributed by atoms with van der Waals surface area (Å²) in [6.07, 6.45) is 2.92. The summed E-state index contributed by atoms with van der Waals surface area (Å²) in [6, 6.07) is 3.85. The molecule has 0 aromatic carbocycles. The molecule has 3 rings (SSSR count). The molecular formula is C12H15N3O3S2.